The molecular formula is C22H23N3O2. The normalized spacial score (nSPS) is 10.3. The average Bonchev–Trinajstić information content (AvgIpc) is 2.70. The molecule has 0 saturated carbocycles. The Kier molecular flexibility index (Phi) is 6.05. The number of carbonyl (C=O) groups excluding carboxylic acids is 1. The number of nitrogens with one attached hydrogen (secondary N) is 2. The summed E-state index contributed by atoms with van der Waals surface area (Å²) in [6.45, 7) is 2.73. The zero-order chi connectivity index (χ0) is 19.1. The highest BCUT2D eigenvalue weighted by atomic mass is 16.5. The van der Waals surface area contributed by atoms with Crippen molar-refractivity contribution in [2.24, 2.45) is 0 Å². The molecular weight excluding hydrogens is 338 g/mol. The number of rotatable bonds is 7. The van der Waals surface area contributed by atoms with Gasteiger partial charge in [-0.2, -0.15) is 0 Å². The molecule has 0 fully saturated rings. The van der Waals surface area contributed by atoms with E-state index >= 15 is 0 Å². The monoisotopic (exact) mass is 361 g/mol. The quantitative estimate of drug-likeness (QED) is 0.658. The lowest BCUT2D eigenvalue weighted by Crippen LogP contribution is -2.12. The molecule has 27 heavy (non-hydrogen) atoms. The SMILES string of the molecule is COc1ccccc1CCNc1ccc(NC(=O)c2ccc(C)cc2)cn1. The summed E-state index contributed by atoms with van der Waals surface area (Å²) in [6.07, 6.45) is 2.48. The second-order valence-electron chi connectivity index (χ2n) is 6.24. The zero-order valence-electron chi connectivity index (χ0n) is 15.5. The van der Waals surface area contributed by atoms with Gasteiger partial charge in [-0.1, -0.05) is 35.9 Å². The lowest BCUT2D eigenvalue weighted by atomic mass is 10.1. The summed E-state index contributed by atoms with van der Waals surface area (Å²) in [5.74, 6) is 1.51. The van der Waals surface area contributed by atoms with Gasteiger partial charge in [-0.05, 0) is 49.2 Å². The molecule has 0 aliphatic carbocycles. The Hall–Kier alpha value is -3.34. The Balaban J connectivity index is 1.52. The summed E-state index contributed by atoms with van der Waals surface area (Å²) >= 11 is 0. The first-order chi connectivity index (χ1) is 13.2. The van der Waals surface area contributed by atoms with Crippen LogP contribution in [-0.2, 0) is 6.42 Å². The summed E-state index contributed by atoms with van der Waals surface area (Å²) in [6, 6.07) is 19.1. The maximum Gasteiger partial charge on any atom is 0.255 e. The van der Waals surface area contributed by atoms with Gasteiger partial charge in [0.1, 0.15) is 11.6 Å². The number of benzene rings is 2. The summed E-state index contributed by atoms with van der Waals surface area (Å²) in [5.41, 5.74) is 3.56. The first-order valence-corrected chi connectivity index (χ1v) is 8.85. The van der Waals surface area contributed by atoms with Crippen molar-refractivity contribution in [3.05, 3.63) is 83.6 Å². The summed E-state index contributed by atoms with van der Waals surface area (Å²) in [5, 5.41) is 6.14. The van der Waals surface area contributed by atoms with Crippen molar-refractivity contribution in [2.75, 3.05) is 24.3 Å². The molecule has 3 aromatic rings. The molecule has 0 atom stereocenters. The Morgan fingerprint density at radius 2 is 1.81 bits per heavy atom. The topological polar surface area (TPSA) is 63.2 Å². The average molecular weight is 361 g/mol. The summed E-state index contributed by atoms with van der Waals surface area (Å²) in [7, 11) is 1.68. The minimum atomic E-state index is -0.145. The molecule has 0 bridgehead atoms. The van der Waals surface area contributed by atoms with Crippen LogP contribution in [0.4, 0.5) is 11.5 Å². The van der Waals surface area contributed by atoms with E-state index in [0.29, 0.717) is 11.3 Å². The number of carbonyl (C=O) groups is 1. The van der Waals surface area contributed by atoms with Crippen LogP contribution in [0.1, 0.15) is 21.5 Å². The molecule has 0 radical (unpaired) electrons. The van der Waals surface area contributed by atoms with E-state index in [1.807, 2.05) is 61.5 Å². The predicted octanol–water partition coefficient (Wildman–Crippen LogP) is 4.31. The van der Waals surface area contributed by atoms with Gasteiger partial charge in [-0.3, -0.25) is 4.79 Å². The minimum absolute atomic E-state index is 0.145. The van der Waals surface area contributed by atoms with Crippen molar-refractivity contribution in [3.63, 3.8) is 0 Å². The number of pyridine rings is 1. The fourth-order valence-corrected chi connectivity index (χ4v) is 2.72. The molecule has 1 heterocycles. The molecule has 138 valence electrons. The lowest BCUT2D eigenvalue weighted by molar-refractivity contribution is 0.102. The van der Waals surface area contributed by atoms with Crippen LogP contribution < -0.4 is 15.4 Å². The number of anilines is 2. The number of aryl methyl sites for hydroxylation is 1. The first-order valence-electron chi connectivity index (χ1n) is 8.85. The van der Waals surface area contributed by atoms with Crippen LogP contribution in [-0.4, -0.2) is 24.5 Å². The third-order valence-corrected chi connectivity index (χ3v) is 4.23. The number of hydrogen-bond acceptors (Lipinski definition) is 4. The Bertz CT molecular complexity index is 890. The molecule has 1 amide bonds. The van der Waals surface area contributed by atoms with E-state index in [-0.39, 0.29) is 5.91 Å². The highest BCUT2D eigenvalue weighted by Gasteiger charge is 2.06. The van der Waals surface area contributed by atoms with Crippen molar-refractivity contribution in [1.82, 2.24) is 4.98 Å². The van der Waals surface area contributed by atoms with Crippen LogP contribution in [0.25, 0.3) is 0 Å². The van der Waals surface area contributed by atoms with E-state index in [4.69, 9.17) is 4.74 Å². The van der Waals surface area contributed by atoms with Crippen molar-refractivity contribution in [2.45, 2.75) is 13.3 Å². The molecule has 2 N–H and O–H groups in total. The number of amides is 1. The molecule has 2 aromatic carbocycles. The molecule has 0 saturated heterocycles. The number of aromatic nitrogens is 1. The number of ether oxygens (including phenoxy) is 1. The maximum absolute atomic E-state index is 12.2. The van der Waals surface area contributed by atoms with Crippen molar-refractivity contribution < 1.29 is 9.53 Å². The lowest BCUT2D eigenvalue weighted by Gasteiger charge is -2.10. The van der Waals surface area contributed by atoms with Gasteiger partial charge in [0.25, 0.3) is 5.91 Å². The van der Waals surface area contributed by atoms with Gasteiger partial charge in [0, 0.05) is 12.1 Å². The molecule has 5 nitrogen and oxygen atoms in total. The van der Waals surface area contributed by atoms with Crippen molar-refractivity contribution in [1.29, 1.82) is 0 Å². The fourth-order valence-electron chi connectivity index (χ4n) is 2.72. The fraction of sp³-hybridized carbons (Fsp3) is 0.182. The van der Waals surface area contributed by atoms with Crippen LogP contribution in [0.5, 0.6) is 5.75 Å². The third kappa shape index (κ3) is 5.07. The van der Waals surface area contributed by atoms with Gasteiger partial charge in [-0.25, -0.2) is 4.98 Å². The van der Waals surface area contributed by atoms with E-state index in [0.717, 1.165) is 35.7 Å². The zero-order valence-corrected chi connectivity index (χ0v) is 15.5. The predicted molar refractivity (Wildman–Crippen MR) is 109 cm³/mol. The first kappa shape index (κ1) is 18.5. The van der Waals surface area contributed by atoms with Gasteiger partial charge in [0.15, 0.2) is 0 Å². The summed E-state index contributed by atoms with van der Waals surface area (Å²) in [4.78, 5) is 16.6. The van der Waals surface area contributed by atoms with Gasteiger partial charge in [0.2, 0.25) is 0 Å². The second kappa shape index (κ2) is 8.85. The van der Waals surface area contributed by atoms with E-state index in [9.17, 15) is 4.79 Å². The third-order valence-electron chi connectivity index (χ3n) is 4.23. The van der Waals surface area contributed by atoms with Gasteiger partial charge >= 0.3 is 0 Å². The van der Waals surface area contributed by atoms with Gasteiger partial charge in [0.05, 0.1) is 19.0 Å². The molecule has 0 aliphatic heterocycles. The molecule has 0 spiro atoms. The van der Waals surface area contributed by atoms with E-state index in [2.05, 4.69) is 21.7 Å². The molecule has 5 heteroatoms. The van der Waals surface area contributed by atoms with E-state index in [1.165, 1.54) is 0 Å². The molecule has 3 rings (SSSR count). The Morgan fingerprint density at radius 3 is 2.52 bits per heavy atom. The van der Waals surface area contributed by atoms with Crippen LogP contribution >= 0.6 is 0 Å². The number of hydrogen-bond donors (Lipinski definition) is 2. The second-order valence-corrected chi connectivity index (χ2v) is 6.24. The van der Waals surface area contributed by atoms with E-state index < -0.39 is 0 Å². The van der Waals surface area contributed by atoms with Crippen molar-refractivity contribution in [3.8, 4) is 5.75 Å². The van der Waals surface area contributed by atoms with Crippen LogP contribution in [0, 0.1) is 6.92 Å². The number of para-hydroxylation sites is 1. The van der Waals surface area contributed by atoms with Crippen LogP contribution in [0.2, 0.25) is 0 Å². The van der Waals surface area contributed by atoms with Gasteiger partial charge < -0.3 is 15.4 Å². The van der Waals surface area contributed by atoms with Crippen molar-refractivity contribution >= 4 is 17.4 Å². The van der Waals surface area contributed by atoms with E-state index in [1.54, 1.807) is 13.3 Å². The number of methoxy groups -OCH3 is 1. The number of nitrogens with zero attached hydrogens (tertiary/aromatic N) is 1. The standard InChI is InChI=1S/C22H23N3O2/c1-16-7-9-18(10-8-16)22(26)25-19-11-12-21(24-15-19)23-14-13-17-5-3-4-6-20(17)27-2/h3-12,15H,13-14H2,1-2H3,(H,23,24)(H,25,26). The minimum Gasteiger partial charge on any atom is -0.496 e. The highest BCUT2D eigenvalue weighted by Crippen LogP contribution is 2.18. The molecule has 1 aromatic heterocycles. The smallest absolute Gasteiger partial charge is 0.255 e. The molecule has 0 unspecified atom stereocenters. The largest absolute Gasteiger partial charge is 0.496 e. The Labute approximate surface area is 159 Å². The summed E-state index contributed by atoms with van der Waals surface area (Å²) < 4.78 is 5.36. The maximum atomic E-state index is 12.2. The Morgan fingerprint density at radius 1 is 1.04 bits per heavy atom. The van der Waals surface area contributed by atoms with Gasteiger partial charge in [-0.15, -0.1) is 0 Å². The van der Waals surface area contributed by atoms with Crippen LogP contribution in [0.15, 0.2) is 66.9 Å². The molecule has 0 aliphatic rings. The highest BCUT2D eigenvalue weighted by molar-refractivity contribution is 6.04. The van der Waals surface area contributed by atoms with Crippen LogP contribution in [0.3, 0.4) is 0 Å².